The number of hydrogen-bond donors (Lipinski definition) is 0. The summed E-state index contributed by atoms with van der Waals surface area (Å²) in [6.45, 7) is 9.46. The van der Waals surface area contributed by atoms with Crippen LogP contribution in [0.25, 0.3) is 32.7 Å². The molecule has 0 spiro atoms. The van der Waals surface area contributed by atoms with Crippen LogP contribution in [-0.2, 0) is 0 Å². The topological polar surface area (TPSA) is 9.23 Å². The van der Waals surface area contributed by atoms with Gasteiger partial charge in [-0.2, -0.15) is 0 Å². The van der Waals surface area contributed by atoms with Crippen LogP contribution in [0.4, 0.5) is 0 Å². The van der Waals surface area contributed by atoms with Crippen LogP contribution in [-0.4, -0.2) is 18.4 Å². The second-order valence-electron chi connectivity index (χ2n) is 8.14. The molecule has 4 aromatic carbocycles. The van der Waals surface area contributed by atoms with Crippen molar-refractivity contribution in [3.8, 4) is 16.9 Å². The van der Waals surface area contributed by atoms with Gasteiger partial charge in [-0.25, -0.2) is 0 Å². The molecule has 0 unspecified atom stereocenters. The van der Waals surface area contributed by atoms with Crippen LogP contribution < -0.4 is 10.0 Å². The third-order valence-electron chi connectivity index (χ3n) is 5.66. The zero-order valence-electron chi connectivity index (χ0n) is 17.9. The first-order chi connectivity index (χ1) is 14.0. The van der Waals surface area contributed by atoms with Crippen LogP contribution in [0.1, 0.15) is 27.7 Å². The van der Waals surface area contributed by atoms with Crippen molar-refractivity contribution in [2.24, 2.45) is 0 Å². The summed E-state index contributed by atoms with van der Waals surface area (Å²) in [6, 6.07) is 26.4. The molecule has 148 valence electrons. The van der Waals surface area contributed by atoms with Gasteiger partial charge >= 0.3 is 0 Å². The van der Waals surface area contributed by atoms with E-state index in [1.807, 2.05) is 0 Å². The van der Waals surface area contributed by atoms with Gasteiger partial charge in [-0.3, -0.25) is 0 Å². The molecule has 0 heterocycles. The van der Waals surface area contributed by atoms with E-state index in [4.69, 9.17) is 4.74 Å². The number of rotatable bonds is 5. The van der Waals surface area contributed by atoms with Crippen molar-refractivity contribution in [2.45, 2.75) is 39.0 Å². The maximum Gasteiger partial charge on any atom is 0.127 e. The summed E-state index contributed by atoms with van der Waals surface area (Å²) in [6.07, 6.45) is 0. The van der Waals surface area contributed by atoms with Crippen LogP contribution in [0.3, 0.4) is 0 Å². The van der Waals surface area contributed by atoms with E-state index in [2.05, 4.69) is 100 Å². The molecule has 0 radical (unpaired) electrons. The van der Waals surface area contributed by atoms with Crippen molar-refractivity contribution in [2.75, 3.05) is 7.11 Å². The van der Waals surface area contributed by atoms with Crippen molar-refractivity contribution in [3.05, 3.63) is 72.8 Å². The van der Waals surface area contributed by atoms with Gasteiger partial charge in [-0.15, -0.1) is 0 Å². The van der Waals surface area contributed by atoms with Crippen molar-refractivity contribution in [1.29, 1.82) is 0 Å². The van der Waals surface area contributed by atoms with E-state index in [-0.39, 0.29) is 7.92 Å². The van der Waals surface area contributed by atoms with Crippen LogP contribution in [0.15, 0.2) is 72.8 Å². The molecule has 0 aliphatic carbocycles. The monoisotopic (exact) mass is 400 g/mol. The second-order valence-corrected chi connectivity index (χ2v) is 11.5. The average molecular weight is 401 g/mol. The predicted octanol–water partition coefficient (Wildman–Crippen LogP) is 7.59. The molecule has 4 rings (SSSR count). The molecular formula is C27H29OP. The summed E-state index contributed by atoms with van der Waals surface area (Å²) in [7, 11) is 1.46. The fourth-order valence-corrected chi connectivity index (χ4v) is 7.61. The minimum atomic E-state index is -0.320. The molecule has 4 aromatic rings. The lowest BCUT2D eigenvalue weighted by Gasteiger charge is -2.30. The maximum absolute atomic E-state index is 5.92. The molecule has 0 fully saturated rings. The number of hydrogen-bond acceptors (Lipinski definition) is 1. The Morgan fingerprint density at radius 2 is 1.14 bits per heavy atom. The van der Waals surface area contributed by atoms with E-state index >= 15 is 0 Å². The Bertz CT molecular complexity index is 1150. The standard InChI is InChI=1S/C27H29OP/c1-18(2)29(19(3)4)25-17-15-21-11-7-9-13-23(21)27(25)26-22-12-8-6-10-20(22)14-16-24(26)28-5/h6-19H,1-5H3. The lowest BCUT2D eigenvalue weighted by atomic mass is 9.93. The zero-order chi connectivity index (χ0) is 20.5. The molecule has 1 nitrogen and oxygen atoms in total. The van der Waals surface area contributed by atoms with E-state index < -0.39 is 0 Å². The van der Waals surface area contributed by atoms with Gasteiger partial charge in [-0.1, -0.05) is 102 Å². The fraction of sp³-hybridized carbons (Fsp3) is 0.259. The number of benzene rings is 4. The maximum atomic E-state index is 5.92. The first-order valence-electron chi connectivity index (χ1n) is 10.4. The van der Waals surface area contributed by atoms with E-state index in [0.717, 1.165) is 5.75 Å². The largest absolute Gasteiger partial charge is 0.496 e. The van der Waals surface area contributed by atoms with Gasteiger partial charge in [0.05, 0.1) is 7.11 Å². The molecule has 0 aliphatic rings. The third-order valence-corrected chi connectivity index (χ3v) is 8.81. The predicted molar refractivity (Wildman–Crippen MR) is 130 cm³/mol. The van der Waals surface area contributed by atoms with Crippen LogP contribution in [0.5, 0.6) is 5.75 Å². The van der Waals surface area contributed by atoms with Gasteiger partial charge in [0.15, 0.2) is 0 Å². The zero-order valence-corrected chi connectivity index (χ0v) is 18.8. The van der Waals surface area contributed by atoms with Crippen molar-refractivity contribution in [3.63, 3.8) is 0 Å². The average Bonchev–Trinajstić information content (AvgIpc) is 2.72. The van der Waals surface area contributed by atoms with Gasteiger partial charge in [-0.05, 0) is 44.2 Å². The summed E-state index contributed by atoms with van der Waals surface area (Å²) in [5, 5.41) is 6.59. The molecular weight excluding hydrogens is 371 g/mol. The SMILES string of the molecule is COc1ccc2ccccc2c1-c1c(P(C(C)C)C(C)C)ccc2ccccc12. The highest BCUT2D eigenvalue weighted by molar-refractivity contribution is 7.67. The smallest absolute Gasteiger partial charge is 0.127 e. The highest BCUT2D eigenvalue weighted by Crippen LogP contribution is 2.50. The van der Waals surface area contributed by atoms with E-state index in [1.54, 1.807) is 7.11 Å². The van der Waals surface area contributed by atoms with E-state index in [9.17, 15) is 0 Å². The first-order valence-corrected chi connectivity index (χ1v) is 11.9. The highest BCUT2D eigenvalue weighted by atomic mass is 31.1. The first kappa shape index (κ1) is 19.9. The quantitative estimate of drug-likeness (QED) is 0.314. The van der Waals surface area contributed by atoms with Gasteiger partial charge in [0.2, 0.25) is 0 Å². The third kappa shape index (κ3) is 3.53. The normalized spacial score (nSPS) is 11.9. The van der Waals surface area contributed by atoms with Crippen LogP contribution in [0, 0.1) is 0 Å². The molecule has 0 saturated carbocycles. The summed E-state index contributed by atoms with van der Waals surface area (Å²) in [5.74, 6) is 0.948. The van der Waals surface area contributed by atoms with Crippen molar-refractivity contribution < 1.29 is 4.74 Å². The Kier molecular flexibility index (Phi) is 5.61. The lowest BCUT2D eigenvalue weighted by Crippen LogP contribution is -2.17. The summed E-state index contributed by atoms with van der Waals surface area (Å²) in [4.78, 5) is 0. The van der Waals surface area contributed by atoms with Crippen LogP contribution >= 0.6 is 7.92 Å². The minimum Gasteiger partial charge on any atom is -0.496 e. The molecule has 0 N–H and O–H groups in total. The number of methoxy groups -OCH3 is 1. The van der Waals surface area contributed by atoms with Gasteiger partial charge in [0, 0.05) is 11.1 Å². The number of fused-ring (bicyclic) bond motifs is 2. The summed E-state index contributed by atoms with van der Waals surface area (Å²) >= 11 is 0. The van der Waals surface area contributed by atoms with Crippen molar-refractivity contribution in [1.82, 2.24) is 0 Å². The van der Waals surface area contributed by atoms with Gasteiger partial charge in [0.1, 0.15) is 5.75 Å². The molecule has 0 amide bonds. The van der Waals surface area contributed by atoms with Crippen LogP contribution in [0.2, 0.25) is 0 Å². The Hall–Kier alpha value is -2.37. The van der Waals surface area contributed by atoms with E-state index in [1.165, 1.54) is 38.0 Å². The molecule has 2 heteroatoms. The Balaban J connectivity index is 2.19. The molecule has 0 saturated heterocycles. The van der Waals surface area contributed by atoms with Gasteiger partial charge < -0.3 is 4.74 Å². The molecule has 29 heavy (non-hydrogen) atoms. The molecule has 0 bridgehead atoms. The molecule has 0 aromatic heterocycles. The van der Waals surface area contributed by atoms with Crippen molar-refractivity contribution >= 4 is 34.8 Å². The van der Waals surface area contributed by atoms with Gasteiger partial charge in [0.25, 0.3) is 0 Å². The Morgan fingerprint density at radius 3 is 1.69 bits per heavy atom. The summed E-state index contributed by atoms with van der Waals surface area (Å²) in [5.41, 5.74) is 3.81. The minimum absolute atomic E-state index is 0.320. The fourth-order valence-electron chi connectivity index (χ4n) is 4.57. The Labute approximate surface area is 175 Å². The summed E-state index contributed by atoms with van der Waals surface area (Å²) < 4.78 is 5.92. The second kappa shape index (κ2) is 8.17. The lowest BCUT2D eigenvalue weighted by molar-refractivity contribution is 0.417. The highest BCUT2D eigenvalue weighted by Gasteiger charge is 2.26. The molecule has 0 aliphatic heterocycles. The number of ether oxygens (including phenoxy) is 1. The Morgan fingerprint density at radius 1 is 0.621 bits per heavy atom. The van der Waals surface area contributed by atoms with E-state index in [0.29, 0.717) is 11.3 Å². The molecule has 0 atom stereocenters.